The van der Waals surface area contributed by atoms with Gasteiger partial charge in [0.1, 0.15) is 19.2 Å². The molecule has 1 N–H and O–H groups in total. The van der Waals surface area contributed by atoms with E-state index in [1.54, 1.807) is 17.0 Å². The first kappa shape index (κ1) is 33.0. The van der Waals surface area contributed by atoms with Crippen molar-refractivity contribution in [3.05, 3.63) is 123 Å². The van der Waals surface area contributed by atoms with Gasteiger partial charge in [-0.05, 0) is 82.9 Å². The predicted octanol–water partition coefficient (Wildman–Crippen LogP) is 5.96. The molecule has 0 radical (unpaired) electrons. The fourth-order valence-electron chi connectivity index (χ4n) is 8.66. The third-order valence-electron chi connectivity index (χ3n) is 11.6. The molecule has 1 spiro atoms. The Morgan fingerprint density at radius 2 is 1.38 bits per heavy atom. The molecule has 0 saturated carbocycles. The molecule has 5 heterocycles. The highest BCUT2D eigenvalue weighted by molar-refractivity contribution is 7.01. The number of rotatable bonds is 5. The molecule has 4 aromatic carbocycles. The van der Waals surface area contributed by atoms with E-state index in [2.05, 4.69) is 59.3 Å². The van der Waals surface area contributed by atoms with Crippen molar-refractivity contribution < 1.29 is 32.2 Å². The second kappa shape index (κ2) is 11.3. The van der Waals surface area contributed by atoms with E-state index in [4.69, 9.17) is 9.15 Å². The number of hydrogen-bond acceptors (Lipinski definition) is 7. The van der Waals surface area contributed by atoms with Gasteiger partial charge in [-0.1, -0.05) is 31.3 Å². The zero-order valence-electron chi connectivity index (χ0n) is 28.9. The number of alkyl halides is 3. The number of benzene rings is 4. The fourth-order valence-corrected chi connectivity index (χ4v) is 11.8. The van der Waals surface area contributed by atoms with E-state index in [0.717, 1.165) is 71.9 Å². The molecule has 12 heteroatoms. The van der Waals surface area contributed by atoms with Crippen LogP contribution in [0.3, 0.4) is 0 Å². The molecule has 2 fully saturated rings. The molecule has 0 bridgehead atoms. The maximum atomic E-state index is 15.0. The minimum Gasteiger partial charge on any atom is -0.423 e. The van der Waals surface area contributed by atoms with E-state index in [9.17, 15) is 23.1 Å². The summed E-state index contributed by atoms with van der Waals surface area (Å²) in [6, 6.07) is 22.6. The number of carbonyl (C=O) groups is 1. The monoisotopic (exact) mass is 723 g/mol. The Morgan fingerprint density at radius 1 is 0.788 bits per heavy atom. The summed E-state index contributed by atoms with van der Waals surface area (Å²) >= 11 is 0. The van der Waals surface area contributed by atoms with Crippen LogP contribution in [0.2, 0.25) is 13.1 Å². The van der Waals surface area contributed by atoms with Gasteiger partial charge in [-0.2, -0.15) is 13.2 Å². The molecule has 52 heavy (non-hydrogen) atoms. The number of fused-ring (bicyclic) bond motifs is 7. The van der Waals surface area contributed by atoms with Crippen LogP contribution in [0, 0.1) is 0 Å². The summed E-state index contributed by atoms with van der Waals surface area (Å²) in [4.78, 5) is 33.9. The van der Waals surface area contributed by atoms with Gasteiger partial charge >= 0.3 is 11.8 Å². The Balaban J connectivity index is 1.39. The predicted molar refractivity (Wildman–Crippen MR) is 196 cm³/mol. The third-order valence-corrected chi connectivity index (χ3v) is 15.1. The SMILES string of the molecule is COC(O)c1ccc2c(c1)C1(c3ccc(N4CCC4)cc3[Si](C)(C)c3cc(N4CCC4)ccc31)N(c1ccc3c(C(F)(F)F)cc(=O)oc3c1)C2=O. The molecule has 0 aliphatic carbocycles. The van der Waals surface area contributed by atoms with Crippen LogP contribution in [0.5, 0.6) is 0 Å². The van der Waals surface area contributed by atoms with Crippen LogP contribution < -0.4 is 30.7 Å². The van der Waals surface area contributed by atoms with Gasteiger partial charge in [-0.3, -0.25) is 9.69 Å². The van der Waals surface area contributed by atoms with Gasteiger partial charge in [0, 0.05) is 84.6 Å². The minimum atomic E-state index is -4.80. The fraction of sp³-hybridized carbons (Fsp3) is 0.300. The largest absolute Gasteiger partial charge is 0.423 e. The third kappa shape index (κ3) is 4.53. The first-order valence-electron chi connectivity index (χ1n) is 17.5. The molecule has 266 valence electrons. The molecule has 9 rings (SSSR count). The Kier molecular flexibility index (Phi) is 7.16. The van der Waals surface area contributed by atoms with E-state index in [-0.39, 0.29) is 22.6 Å². The lowest BCUT2D eigenvalue weighted by Crippen LogP contribution is -2.66. The molecule has 1 amide bonds. The maximum absolute atomic E-state index is 15.0. The van der Waals surface area contributed by atoms with Crippen molar-refractivity contribution in [1.29, 1.82) is 0 Å². The molecule has 1 aromatic heterocycles. The maximum Gasteiger partial charge on any atom is 0.417 e. The lowest BCUT2D eigenvalue weighted by atomic mass is 9.75. The van der Waals surface area contributed by atoms with Gasteiger partial charge in [0.25, 0.3) is 5.91 Å². The van der Waals surface area contributed by atoms with Crippen molar-refractivity contribution in [3.8, 4) is 0 Å². The van der Waals surface area contributed by atoms with Gasteiger partial charge in [-0.25, -0.2) is 4.79 Å². The topological polar surface area (TPSA) is 86.5 Å². The van der Waals surface area contributed by atoms with Crippen molar-refractivity contribution in [2.24, 2.45) is 0 Å². The van der Waals surface area contributed by atoms with Crippen molar-refractivity contribution >= 4 is 52.4 Å². The van der Waals surface area contributed by atoms with Gasteiger partial charge in [0.15, 0.2) is 6.29 Å². The number of amides is 1. The van der Waals surface area contributed by atoms with Crippen LogP contribution in [0.4, 0.5) is 30.2 Å². The summed E-state index contributed by atoms with van der Waals surface area (Å²) in [6.07, 6.45) is -3.84. The van der Waals surface area contributed by atoms with E-state index >= 15 is 4.79 Å². The van der Waals surface area contributed by atoms with Crippen molar-refractivity contribution in [2.75, 3.05) is 48.0 Å². The number of anilines is 3. The van der Waals surface area contributed by atoms with Gasteiger partial charge in [0.2, 0.25) is 0 Å². The summed E-state index contributed by atoms with van der Waals surface area (Å²) in [5.74, 6) is -0.376. The average molecular weight is 724 g/mol. The molecule has 1 unspecified atom stereocenters. The highest BCUT2D eigenvalue weighted by Crippen LogP contribution is 2.54. The van der Waals surface area contributed by atoms with Crippen molar-refractivity contribution in [1.82, 2.24) is 0 Å². The van der Waals surface area contributed by atoms with Crippen LogP contribution in [-0.4, -0.2) is 52.4 Å². The number of hydrogen-bond donors (Lipinski definition) is 1. The summed E-state index contributed by atoms with van der Waals surface area (Å²) in [6.45, 7) is 8.47. The molecule has 2 saturated heterocycles. The Bertz CT molecular complexity index is 2320. The second-order valence-corrected chi connectivity index (χ2v) is 19.0. The number of aliphatic hydroxyl groups excluding tert-OH is 1. The number of aliphatic hydroxyl groups is 1. The summed E-state index contributed by atoms with van der Waals surface area (Å²) in [5, 5.41) is 12.9. The number of methoxy groups -OCH3 is 1. The highest BCUT2D eigenvalue weighted by Gasteiger charge is 2.59. The van der Waals surface area contributed by atoms with E-state index in [1.807, 2.05) is 6.07 Å². The summed E-state index contributed by atoms with van der Waals surface area (Å²) in [5.41, 5.74) is 1.89. The average Bonchev–Trinajstić information content (AvgIpc) is 3.32. The van der Waals surface area contributed by atoms with E-state index < -0.39 is 37.3 Å². The minimum absolute atomic E-state index is 0.266. The molecule has 5 aromatic rings. The van der Waals surface area contributed by atoms with Crippen molar-refractivity contribution in [2.45, 2.75) is 43.9 Å². The number of nitrogens with zero attached hydrogens (tertiary/aromatic N) is 3. The zero-order chi connectivity index (χ0) is 36.3. The first-order valence-corrected chi connectivity index (χ1v) is 20.5. The lowest BCUT2D eigenvalue weighted by Gasteiger charge is -2.50. The highest BCUT2D eigenvalue weighted by atomic mass is 28.3. The van der Waals surface area contributed by atoms with Gasteiger partial charge in [0.05, 0.1) is 5.56 Å². The van der Waals surface area contributed by atoms with Crippen LogP contribution in [0.25, 0.3) is 11.0 Å². The van der Waals surface area contributed by atoms with Crippen LogP contribution in [0.1, 0.15) is 57.3 Å². The normalized spacial score (nSPS) is 18.9. The standard InChI is InChI=1S/C40H36F3N3O5Si/c1-50-38(49)23-6-10-28-31(18-23)39(46(37(28)48)26-7-11-27-32(40(41,42)43)22-36(47)51-33(27)19-26)29-12-8-24(44-14-4-15-44)20-34(29)52(2,3)35-21-25(9-13-30(35)39)45-16-5-17-45/h6-13,18-22,38,49H,4-5,14-17H2,1-3H3. The lowest BCUT2D eigenvalue weighted by molar-refractivity contribution is -0.136. The smallest absolute Gasteiger partial charge is 0.417 e. The van der Waals surface area contributed by atoms with Crippen LogP contribution in [0.15, 0.2) is 88.1 Å². The number of ether oxygens (including phenoxy) is 1. The number of halogens is 3. The quantitative estimate of drug-likeness (QED) is 0.136. The molecule has 1 atom stereocenters. The number of carbonyl (C=O) groups excluding carboxylic acids is 1. The Morgan fingerprint density at radius 3 is 1.92 bits per heavy atom. The Hall–Kier alpha value is -4.91. The molecule has 8 nitrogen and oxygen atoms in total. The second-order valence-electron chi connectivity index (χ2n) is 14.7. The summed E-state index contributed by atoms with van der Waals surface area (Å²) < 4.78 is 53.1. The van der Waals surface area contributed by atoms with E-state index in [0.29, 0.717) is 22.8 Å². The van der Waals surface area contributed by atoms with Gasteiger partial charge in [-0.15, -0.1) is 0 Å². The van der Waals surface area contributed by atoms with Crippen LogP contribution in [-0.2, 0) is 16.5 Å². The molecular formula is C40H36F3N3O5Si. The Labute approximate surface area is 298 Å². The van der Waals surface area contributed by atoms with E-state index in [1.165, 1.54) is 25.3 Å². The molecule has 4 aliphatic rings. The van der Waals surface area contributed by atoms with Crippen LogP contribution >= 0.6 is 0 Å². The first-order chi connectivity index (χ1) is 24.8. The van der Waals surface area contributed by atoms with Crippen molar-refractivity contribution in [3.63, 3.8) is 0 Å². The molecule has 4 aliphatic heterocycles. The zero-order valence-corrected chi connectivity index (χ0v) is 29.9. The van der Waals surface area contributed by atoms with Gasteiger partial charge < -0.3 is 24.1 Å². The molecular weight excluding hydrogens is 688 g/mol. The summed E-state index contributed by atoms with van der Waals surface area (Å²) in [7, 11) is -1.10.